The van der Waals surface area contributed by atoms with Crippen LogP contribution in [0, 0.1) is 0 Å². The standard InChI is InChI=1S/C23H25N5S/c1-23(2,3)16-6-4-14(5-7-16)19-12-18-21(29-19)20(17(25)13-24)28-22(27-18)15-8-10-26-11-9-15/h4-12,17H,13,24-25H2,1-3H3. The van der Waals surface area contributed by atoms with E-state index in [2.05, 4.69) is 56.1 Å². The number of rotatable bonds is 4. The fraction of sp³-hybridized carbons (Fsp3) is 0.261. The van der Waals surface area contributed by atoms with Crippen LogP contribution in [0.2, 0.25) is 0 Å². The number of benzene rings is 1. The van der Waals surface area contributed by atoms with Crippen LogP contribution in [-0.4, -0.2) is 21.5 Å². The lowest BCUT2D eigenvalue weighted by Crippen LogP contribution is -2.22. The van der Waals surface area contributed by atoms with Crippen LogP contribution in [-0.2, 0) is 5.41 Å². The van der Waals surface area contributed by atoms with Crippen LogP contribution in [0.5, 0.6) is 0 Å². The van der Waals surface area contributed by atoms with Gasteiger partial charge in [-0.15, -0.1) is 11.3 Å². The van der Waals surface area contributed by atoms with Crippen LogP contribution in [0.4, 0.5) is 0 Å². The Hall–Kier alpha value is -2.67. The second kappa shape index (κ2) is 7.63. The number of thiophene rings is 1. The lowest BCUT2D eigenvalue weighted by molar-refractivity contribution is 0.590. The normalized spacial score (nSPS) is 13.0. The zero-order valence-corrected chi connectivity index (χ0v) is 17.7. The summed E-state index contributed by atoms with van der Waals surface area (Å²) in [7, 11) is 0. The maximum absolute atomic E-state index is 6.30. The van der Waals surface area contributed by atoms with E-state index in [1.165, 1.54) is 11.1 Å². The largest absolute Gasteiger partial charge is 0.329 e. The Labute approximate surface area is 174 Å². The van der Waals surface area contributed by atoms with Crippen molar-refractivity contribution in [3.8, 4) is 21.8 Å². The van der Waals surface area contributed by atoms with Crippen molar-refractivity contribution in [2.24, 2.45) is 11.5 Å². The molecule has 0 radical (unpaired) electrons. The number of pyridine rings is 1. The lowest BCUT2D eigenvalue weighted by Gasteiger charge is -2.18. The molecule has 0 saturated heterocycles. The van der Waals surface area contributed by atoms with Gasteiger partial charge in [-0.1, -0.05) is 45.0 Å². The molecule has 0 aliphatic rings. The van der Waals surface area contributed by atoms with E-state index < -0.39 is 0 Å². The highest BCUT2D eigenvalue weighted by molar-refractivity contribution is 7.22. The predicted octanol–water partition coefficient (Wildman–Crippen LogP) is 4.68. The van der Waals surface area contributed by atoms with Crippen molar-refractivity contribution in [2.75, 3.05) is 6.54 Å². The molecule has 4 rings (SSSR count). The lowest BCUT2D eigenvalue weighted by atomic mass is 9.86. The van der Waals surface area contributed by atoms with Crippen molar-refractivity contribution in [1.29, 1.82) is 0 Å². The van der Waals surface area contributed by atoms with Gasteiger partial charge >= 0.3 is 0 Å². The van der Waals surface area contributed by atoms with Crippen molar-refractivity contribution in [2.45, 2.75) is 32.2 Å². The monoisotopic (exact) mass is 403 g/mol. The Morgan fingerprint density at radius 3 is 2.28 bits per heavy atom. The summed E-state index contributed by atoms with van der Waals surface area (Å²) < 4.78 is 0.996. The number of hydrogen-bond donors (Lipinski definition) is 2. The molecular formula is C23H25N5S. The van der Waals surface area contributed by atoms with Gasteiger partial charge in [0, 0.05) is 29.4 Å². The van der Waals surface area contributed by atoms with Crippen molar-refractivity contribution >= 4 is 21.6 Å². The average molecular weight is 404 g/mol. The summed E-state index contributed by atoms with van der Waals surface area (Å²) >= 11 is 1.67. The van der Waals surface area contributed by atoms with E-state index in [-0.39, 0.29) is 11.5 Å². The Bertz CT molecular complexity index is 1130. The second-order valence-corrected chi connectivity index (χ2v) is 9.22. The Kier molecular flexibility index (Phi) is 5.17. The molecule has 6 heteroatoms. The zero-order chi connectivity index (χ0) is 20.6. The predicted molar refractivity (Wildman–Crippen MR) is 121 cm³/mol. The minimum absolute atomic E-state index is 0.130. The fourth-order valence-electron chi connectivity index (χ4n) is 3.22. The minimum Gasteiger partial charge on any atom is -0.329 e. The second-order valence-electron chi connectivity index (χ2n) is 8.16. The first kappa shape index (κ1) is 19.6. The first-order valence-electron chi connectivity index (χ1n) is 9.65. The van der Waals surface area contributed by atoms with Crippen molar-refractivity contribution in [1.82, 2.24) is 15.0 Å². The Balaban J connectivity index is 1.84. The zero-order valence-electron chi connectivity index (χ0n) is 16.9. The van der Waals surface area contributed by atoms with E-state index in [4.69, 9.17) is 21.4 Å². The molecule has 0 aliphatic heterocycles. The fourth-order valence-corrected chi connectivity index (χ4v) is 4.38. The molecule has 0 spiro atoms. The summed E-state index contributed by atoms with van der Waals surface area (Å²) in [5.74, 6) is 0.645. The van der Waals surface area contributed by atoms with Crippen molar-refractivity contribution < 1.29 is 0 Å². The average Bonchev–Trinajstić information content (AvgIpc) is 3.17. The molecular weight excluding hydrogens is 378 g/mol. The van der Waals surface area contributed by atoms with Gasteiger partial charge in [-0.25, -0.2) is 9.97 Å². The molecule has 1 unspecified atom stereocenters. The smallest absolute Gasteiger partial charge is 0.160 e. The molecule has 3 aromatic heterocycles. The number of hydrogen-bond acceptors (Lipinski definition) is 6. The Morgan fingerprint density at radius 1 is 0.966 bits per heavy atom. The van der Waals surface area contributed by atoms with Gasteiger partial charge in [0.05, 0.1) is 22.0 Å². The first-order chi connectivity index (χ1) is 13.9. The van der Waals surface area contributed by atoms with Crippen LogP contribution >= 0.6 is 11.3 Å². The van der Waals surface area contributed by atoms with Crippen molar-refractivity contribution in [3.05, 3.63) is 66.1 Å². The van der Waals surface area contributed by atoms with Gasteiger partial charge in [0.2, 0.25) is 0 Å². The molecule has 1 aromatic carbocycles. The van der Waals surface area contributed by atoms with Gasteiger partial charge < -0.3 is 11.5 Å². The Morgan fingerprint density at radius 2 is 1.66 bits per heavy atom. The summed E-state index contributed by atoms with van der Waals surface area (Å²) in [6, 6.07) is 14.3. The third-order valence-corrected chi connectivity index (χ3v) is 6.17. The molecule has 3 heterocycles. The highest BCUT2D eigenvalue weighted by Crippen LogP contribution is 2.37. The minimum atomic E-state index is -0.337. The van der Waals surface area contributed by atoms with E-state index in [9.17, 15) is 0 Å². The van der Waals surface area contributed by atoms with E-state index in [0.717, 1.165) is 26.4 Å². The highest BCUT2D eigenvalue weighted by atomic mass is 32.1. The first-order valence-corrected chi connectivity index (χ1v) is 10.5. The van der Waals surface area contributed by atoms with Crippen molar-refractivity contribution in [3.63, 3.8) is 0 Å². The highest BCUT2D eigenvalue weighted by Gasteiger charge is 2.18. The molecule has 1 atom stereocenters. The van der Waals surface area contributed by atoms with Crippen LogP contribution in [0.3, 0.4) is 0 Å². The molecule has 0 bridgehead atoms. The third-order valence-electron chi connectivity index (χ3n) is 4.98. The summed E-state index contributed by atoms with van der Waals surface area (Å²) in [4.78, 5) is 14.8. The molecule has 4 N–H and O–H groups in total. The van der Waals surface area contributed by atoms with Gasteiger partial charge in [0.25, 0.3) is 0 Å². The molecule has 0 amide bonds. The van der Waals surface area contributed by atoms with Crippen LogP contribution in [0.25, 0.3) is 32.0 Å². The number of fused-ring (bicyclic) bond motifs is 1. The molecule has 148 valence electrons. The molecule has 0 saturated carbocycles. The van der Waals surface area contributed by atoms with Gasteiger partial charge in [-0.05, 0) is 34.7 Å². The van der Waals surface area contributed by atoms with E-state index >= 15 is 0 Å². The molecule has 0 fully saturated rings. The summed E-state index contributed by atoms with van der Waals surface area (Å²) in [6.07, 6.45) is 3.47. The van der Waals surface area contributed by atoms with E-state index in [1.54, 1.807) is 23.7 Å². The van der Waals surface area contributed by atoms with Gasteiger partial charge in [-0.2, -0.15) is 0 Å². The number of aromatic nitrogens is 3. The molecule has 0 aliphatic carbocycles. The van der Waals surface area contributed by atoms with E-state index in [0.29, 0.717) is 12.4 Å². The van der Waals surface area contributed by atoms with Gasteiger partial charge in [-0.3, -0.25) is 4.98 Å². The van der Waals surface area contributed by atoms with Crippen LogP contribution in [0.15, 0.2) is 54.9 Å². The molecule has 5 nitrogen and oxygen atoms in total. The topological polar surface area (TPSA) is 90.7 Å². The van der Waals surface area contributed by atoms with Gasteiger partial charge in [0.1, 0.15) is 0 Å². The number of nitrogens with two attached hydrogens (primary N) is 2. The SMILES string of the molecule is CC(C)(C)c1ccc(-c2cc3nc(-c4ccncc4)nc(C(N)CN)c3s2)cc1. The summed E-state index contributed by atoms with van der Waals surface area (Å²) in [5.41, 5.74) is 17.4. The van der Waals surface area contributed by atoms with Crippen LogP contribution in [0.1, 0.15) is 38.1 Å². The quantitative estimate of drug-likeness (QED) is 0.516. The summed E-state index contributed by atoms with van der Waals surface area (Å²) in [5, 5.41) is 0. The molecule has 29 heavy (non-hydrogen) atoms. The van der Waals surface area contributed by atoms with Gasteiger partial charge in [0.15, 0.2) is 5.82 Å². The molecule has 4 aromatic rings. The maximum Gasteiger partial charge on any atom is 0.160 e. The third kappa shape index (κ3) is 3.92. The van der Waals surface area contributed by atoms with Crippen LogP contribution < -0.4 is 11.5 Å². The summed E-state index contributed by atoms with van der Waals surface area (Å²) in [6.45, 7) is 6.99. The maximum atomic E-state index is 6.30. The van der Waals surface area contributed by atoms with E-state index in [1.807, 2.05) is 12.1 Å². The number of nitrogens with zero attached hydrogens (tertiary/aromatic N) is 3.